The first-order valence-corrected chi connectivity index (χ1v) is 11.1. The first-order chi connectivity index (χ1) is 15.5. The van der Waals surface area contributed by atoms with Crippen LogP contribution in [0.1, 0.15) is 41.4 Å². The molecular weight excluding hydrogens is 408 g/mol. The minimum Gasteiger partial charge on any atom is -0.390 e. The lowest BCUT2D eigenvalue weighted by molar-refractivity contribution is -0.120. The summed E-state index contributed by atoms with van der Waals surface area (Å²) >= 11 is 0. The van der Waals surface area contributed by atoms with Crippen molar-refractivity contribution >= 4 is 17.6 Å². The number of benzene rings is 1. The van der Waals surface area contributed by atoms with Gasteiger partial charge in [-0.1, -0.05) is 24.3 Å². The van der Waals surface area contributed by atoms with E-state index in [0.717, 1.165) is 32.4 Å². The van der Waals surface area contributed by atoms with Gasteiger partial charge >= 0.3 is 0 Å². The van der Waals surface area contributed by atoms with Crippen molar-refractivity contribution in [3.63, 3.8) is 0 Å². The van der Waals surface area contributed by atoms with Gasteiger partial charge in [0.1, 0.15) is 17.8 Å². The van der Waals surface area contributed by atoms with E-state index in [1.807, 2.05) is 6.07 Å². The number of rotatable bonds is 8. The maximum Gasteiger partial charge on any atom is 0.270 e. The van der Waals surface area contributed by atoms with E-state index in [2.05, 4.69) is 49.0 Å². The Morgan fingerprint density at radius 3 is 2.75 bits per heavy atom. The first kappa shape index (κ1) is 22.2. The lowest BCUT2D eigenvalue weighted by Gasteiger charge is -2.36. The minimum absolute atomic E-state index is 0.0262. The number of nitrogens with one attached hydrogen (secondary N) is 3. The fourth-order valence-corrected chi connectivity index (χ4v) is 4.28. The smallest absolute Gasteiger partial charge is 0.270 e. The number of hydrogen-bond donors (Lipinski definition) is 4. The van der Waals surface area contributed by atoms with E-state index in [9.17, 15) is 14.7 Å². The molecule has 1 aliphatic heterocycles. The van der Waals surface area contributed by atoms with Gasteiger partial charge in [0.2, 0.25) is 5.91 Å². The zero-order valence-corrected chi connectivity index (χ0v) is 18.3. The zero-order valence-electron chi connectivity index (χ0n) is 18.3. The van der Waals surface area contributed by atoms with Gasteiger partial charge in [-0.25, -0.2) is 9.97 Å². The maximum absolute atomic E-state index is 12.5. The van der Waals surface area contributed by atoms with Crippen LogP contribution in [-0.2, 0) is 17.8 Å². The number of carbonyl (C=O) groups excluding carboxylic acids is 2. The molecule has 9 nitrogen and oxygen atoms in total. The van der Waals surface area contributed by atoms with Gasteiger partial charge in [-0.2, -0.15) is 0 Å². The number of anilines is 1. The van der Waals surface area contributed by atoms with E-state index >= 15 is 0 Å². The molecule has 2 aromatic rings. The van der Waals surface area contributed by atoms with Crippen molar-refractivity contribution in [1.29, 1.82) is 0 Å². The number of fused-ring (bicyclic) bond motifs is 1. The highest BCUT2D eigenvalue weighted by molar-refractivity contribution is 5.92. The number of β-amino-alcohol motifs (C(OH)–C–C–N with tert-alkyl or cyclic N) is 1. The average Bonchev–Trinajstić information content (AvgIpc) is 2.76. The summed E-state index contributed by atoms with van der Waals surface area (Å²) in [5.41, 5.74) is 2.91. The van der Waals surface area contributed by atoms with Gasteiger partial charge in [0.05, 0.1) is 6.10 Å². The van der Waals surface area contributed by atoms with Gasteiger partial charge in [-0.05, 0) is 30.4 Å². The number of amides is 2. The second kappa shape index (κ2) is 10.1. The summed E-state index contributed by atoms with van der Waals surface area (Å²) in [6.07, 6.45) is 3.29. The number of aromatic nitrogens is 2. The molecule has 4 rings (SSSR count). The third kappa shape index (κ3) is 5.80. The lowest BCUT2D eigenvalue weighted by atomic mass is 9.86. The van der Waals surface area contributed by atoms with Crippen molar-refractivity contribution in [2.75, 3.05) is 25.0 Å². The van der Waals surface area contributed by atoms with Gasteiger partial charge in [0.15, 0.2) is 0 Å². The molecule has 0 saturated heterocycles. The predicted octanol–water partition coefficient (Wildman–Crippen LogP) is 0.705. The fraction of sp³-hybridized carbons (Fsp3) is 0.478. The number of carbonyl (C=O) groups is 2. The van der Waals surface area contributed by atoms with Crippen LogP contribution in [0.15, 0.2) is 36.7 Å². The Labute approximate surface area is 187 Å². The molecule has 1 atom stereocenters. The van der Waals surface area contributed by atoms with Crippen molar-refractivity contribution < 1.29 is 14.7 Å². The summed E-state index contributed by atoms with van der Waals surface area (Å²) in [5, 5.41) is 19.3. The molecule has 4 N–H and O–H groups in total. The number of nitrogens with zero attached hydrogens (tertiary/aromatic N) is 3. The Bertz CT molecular complexity index is 962. The highest BCUT2D eigenvalue weighted by Gasteiger charge is 2.30. The third-order valence-corrected chi connectivity index (χ3v) is 5.97. The van der Waals surface area contributed by atoms with Crippen molar-refractivity contribution in [3.05, 3.63) is 53.5 Å². The third-order valence-electron chi connectivity index (χ3n) is 5.97. The molecular formula is C23H30N6O3. The number of hydrogen-bond acceptors (Lipinski definition) is 7. The standard InChI is InChI=1S/C23H30N6O3/c1-15(30)27-18-8-19(9-18)28-22-10-21(25-14-26-22)23(32)24-11-20(31)13-29-7-6-16-4-2-3-5-17(16)12-29/h2-5,10,14,18-20,31H,6-9,11-13H2,1H3,(H,24,32)(H,27,30)(H,25,26,28)/t18-,19-,20-/m0/s1. The molecule has 1 aromatic heterocycles. The Kier molecular flexibility index (Phi) is 6.96. The molecule has 0 unspecified atom stereocenters. The zero-order chi connectivity index (χ0) is 22.5. The molecule has 9 heteroatoms. The fourth-order valence-electron chi connectivity index (χ4n) is 4.28. The number of aliphatic hydroxyl groups is 1. The van der Waals surface area contributed by atoms with Crippen molar-refractivity contribution in [2.24, 2.45) is 0 Å². The second-order valence-electron chi connectivity index (χ2n) is 8.62. The monoisotopic (exact) mass is 438 g/mol. The van der Waals surface area contributed by atoms with E-state index < -0.39 is 6.10 Å². The highest BCUT2D eigenvalue weighted by atomic mass is 16.3. The molecule has 2 amide bonds. The van der Waals surface area contributed by atoms with Crippen LogP contribution in [0.3, 0.4) is 0 Å². The van der Waals surface area contributed by atoms with Crippen LogP contribution in [0.5, 0.6) is 0 Å². The molecule has 1 aliphatic carbocycles. The minimum atomic E-state index is -0.663. The first-order valence-electron chi connectivity index (χ1n) is 11.1. The Morgan fingerprint density at radius 1 is 1.19 bits per heavy atom. The quantitative estimate of drug-likeness (QED) is 0.479. The SMILES string of the molecule is CC(=O)N[C@H]1C[C@H](Nc2cc(C(=O)NC[C@H](O)CN3CCc4ccccc4C3)ncn2)C1. The molecule has 1 fully saturated rings. The van der Waals surface area contributed by atoms with Crippen LogP contribution in [0, 0.1) is 0 Å². The van der Waals surface area contributed by atoms with Crippen molar-refractivity contribution in [1.82, 2.24) is 25.5 Å². The van der Waals surface area contributed by atoms with Gasteiger partial charge < -0.3 is 21.1 Å². The van der Waals surface area contributed by atoms with Crippen molar-refractivity contribution in [2.45, 2.75) is 50.9 Å². The van der Waals surface area contributed by atoms with Gasteiger partial charge in [0, 0.05) is 51.3 Å². The van der Waals surface area contributed by atoms with Crippen LogP contribution in [0.4, 0.5) is 5.82 Å². The van der Waals surface area contributed by atoms with Crippen LogP contribution in [-0.4, -0.2) is 69.6 Å². The molecule has 32 heavy (non-hydrogen) atoms. The predicted molar refractivity (Wildman–Crippen MR) is 120 cm³/mol. The summed E-state index contributed by atoms with van der Waals surface area (Å²) < 4.78 is 0. The van der Waals surface area contributed by atoms with Gasteiger partial charge in [0.25, 0.3) is 5.91 Å². The van der Waals surface area contributed by atoms with E-state index in [4.69, 9.17) is 0 Å². The molecule has 0 bridgehead atoms. The Hall–Kier alpha value is -3.04. The van der Waals surface area contributed by atoms with Crippen LogP contribution in [0.25, 0.3) is 0 Å². The van der Waals surface area contributed by atoms with Gasteiger partial charge in [-0.3, -0.25) is 14.5 Å². The van der Waals surface area contributed by atoms with E-state index in [1.54, 1.807) is 6.07 Å². The average molecular weight is 439 g/mol. The molecule has 170 valence electrons. The highest BCUT2D eigenvalue weighted by Crippen LogP contribution is 2.23. The summed E-state index contributed by atoms with van der Waals surface area (Å²) in [5.74, 6) is 0.203. The summed E-state index contributed by atoms with van der Waals surface area (Å²) in [4.78, 5) is 34.0. The second-order valence-corrected chi connectivity index (χ2v) is 8.62. The van der Waals surface area contributed by atoms with Crippen LogP contribution < -0.4 is 16.0 Å². The topological polar surface area (TPSA) is 119 Å². The summed E-state index contributed by atoms with van der Waals surface area (Å²) in [7, 11) is 0. The van der Waals surface area contributed by atoms with Crippen LogP contribution >= 0.6 is 0 Å². The maximum atomic E-state index is 12.5. The Balaban J connectivity index is 1.21. The Morgan fingerprint density at radius 2 is 1.97 bits per heavy atom. The van der Waals surface area contributed by atoms with Crippen molar-refractivity contribution in [3.8, 4) is 0 Å². The van der Waals surface area contributed by atoms with E-state index in [0.29, 0.717) is 12.4 Å². The van der Waals surface area contributed by atoms with Crippen LogP contribution in [0.2, 0.25) is 0 Å². The van der Waals surface area contributed by atoms with E-state index in [-0.39, 0.29) is 36.1 Å². The molecule has 2 aliphatic rings. The van der Waals surface area contributed by atoms with Gasteiger partial charge in [-0.15, -0.1) is 0 Å². The lowest BCUT2D eigenvalue weighted by Crippen LogP contribution is -2.49. The molecule has 0 spiro atoms. The van der Waals surface area contributed by atoms with E-state index in [1.165, 1.54) is 24.4 Å². The number of aliphatic hydroxyl groups excluding tert-OH is 1. The molecule has 1 aromatic carbocycles. The summed E-state index contributed by atoms with van der Waals surface area (Å²) in [6.45, 7) is 3.88. The summed E-state index contributed by atoms with van der Waals surface area (Å²) in [6, 6.07) is 10.4. The normalized spacial score (nSPS) is 21.1. The molecule has 2 heterocycles. The molecule has 1 saturated carbocycles. The largest absolute Gasteiger partial charge is 0.390 e. The molecule has 0 radical (unpaired) electrons.